The number of hydrogen-bond donors (Lipinski definition) is 2. The lowest BCUT2D eigenvalue weighted by Crippen LogP contribution is -2.54. The van der Waals surface area contributed by atoms with Crippen molar-refractivity contribution >= 4 is 40.0 Å². The summed E-state index contributed by atoms with van der Waals surface area (Å²) in [6.07, 6.45) is -3.33. The van der Waals surface area contributed by atoms with E-state index in [1.807, 2.05) is 6.92 Å². The molecule has 8 heteroatoms. The molecule has 0 aliphatic rings. The second kappa shape index (κ2) is 8.42. The molecule has 2 aromatic carbocycles. The standard InChI is InChI=1S/C21H20ClF3N2OS/c1-13-6-11-16-17(26-13)4-3-5-18(16)27-19(14-7-9-15(22)10-8-14)20(28,12-29-2)21(23,24)25/h3-11,19,27-28H,12H2,1-2H3. The van der Waals surface area contributed by atoms with Gasteiger partial charge in [0.1, 0.15) is 0 Å². The highest BCUT2D eigenvalue weighted by Gasteiger charge is 2.58. The Labute approximate surface area is 176 Å². The van der Waals surface area contributed by atoms with Crippen LogP contribution >= 0.6 is 23.4 Å². The topological polar surface area (TPSA) is 45.1 Å². The van der Waals surface area contributed by atoms with Gasteiger partial charge in [0.05, 0.1) is 11.6 Å². The minimum atomic E-state index is -4.85. The van der Waals surface area contributed by atoms with E-state index in [1.165, 1.54) is 30.5 Å². The summed E-state index contributed by atoms with van der Waals surface area (Å²) in [6.45, 7) is 1.84. The van der Waals surface area contributed by atoms with Gasteiger partial charge < -0.3 is 10.4 Å². The van der Waals surface area contributed by atoms with Gasteiger partial charge in [0, 0.05) is 27.5 Å². The molecule has 0 radical (unpaired) electrons. The second-order valence-electron chi connectivity index (χ2n) is 6.81. The zero-order chi connectivity index (χ0) is 21.2. The molecule has 0 bridgehead atoms. The van der Waals surface area contributed by atoms with Gasteiger partial charge in [-0.25, -0.2) is 0 Å². The van der Waals surface area contributed by atoms with Crippen molar-refractivity contribution in [1.29, 1.82) is 0 Å². The maximum absolute atomic E-state index is 14.0. The Morgan fingerprint density at radius 2 is 1.79 bits per heavy atom. The first-order chi connectivity index (χ1) is 13.7. The normalized spacial score (nSPS) is 15.1. The van der Waals surface area contributed by atoms with Gasteiger partial charge in [-0.2, -0.15) is 24.9 Å². The van der Waals surface area contributed by atoms with Crippen LogP contribution < -0.4 is 5.32 Å². The zero-order valence-corrected chi connectivity index (χ0v) is 17.4. The van der Waals surface area contributed by atoms with Crippen LogP contribution in [0.4, 0.5) is 18.9 Å². The van der Waals surface area contributed by atoms with Crippen LogP contribution in [0.2, 0.25) is 5.02 Å². The third-order valence-corrected chi connectivity index (χ3v) is 5.69. The van der Waals surface area contributed by atoms with E-state index < -0.39 is 23.6 Å². The number of aliphatic hydroxyl groups is 1. The Hall–Kier alpha value is -1.96. The van der Waals surface area contributed by atoms with Crippen molar-refractivity contribution in [2.24, 2.45) is 0 Å². The number of halogens is 4. The maximum atomic E-state index is 14.0. The molecule has 0 amide bonds. The number of alkyl halides is 3. The number of fused-ring (bicyclic) bond motifs is 1. The molecule has 29 heavy (non-hydrogen) atoms. The number of nitrogens with one attached hydrogen (secondary N) is 1. The highest BCUT2D eigenvalue weighted by Crippen LogP contribution is 2.44. The Balaban J connectivity index is 2.15. The smallest absolute Gasteiger partial charge is 0.378 e. The maximum Gasteiger partial charge on any atom is 0.420 e. The van der Waals surface area contributed by atoms with E-state index in [9.17, 15) is 18.3 Å². The van der Waals surface area contributed by atoms with Gasteiger partial charge in [0.2, 0.25) is 0 Å². The number of pyridine rings is 1. The van der Waals surface area contributed by atoms with Gasteiger partial charge in [-0.1, -0.05) is 29.8 Å². The summed E-state index contributed by atoms with van der Waals surface area (Å²) in [6, 6.07) is 13.3. The minimum absolute atomic E-state index is 0.278. The first kappa shape index (κ1) is 21.7. The van der Waals surface area contributed by atoms with E-state index in [2.05, 4.69) is 10.3 Å². The quantitative estimate of drug-likeness (QED) is 0.493. The van der Waals surface area contributed by atoms with Crippen LogP contribution in [0.1, 0.15) is 17.3 Å². The predicted octanol–water partition coefficient (Wildman–Crippen LogP) is 6.01. The van der Waals surface area contributed by atoms with Gasteiger partial charge in [-0.05, 0) is 55.1 Å². The highest BCUT2D eigenvalue weighted by molar-refractivity contribution is 7.98. The molecule has 0 aliphatic heterocycles. The molecule has 0 fully saturated rings. The van der Waals surface area contributed by atoms with Crippen LogP contribution in [0.3, 0.4) is 0 Å². The second-order valence-corrected chi connectivity index (χ2v) is 8.11. The molecule has 3 nitrogen and oxygen atoms in total. The number of thioether (sulfide) groups is 1. The summed E-state index contributed by atoms with van der Waals surface area (Å²) in [5.74, 6) is -0.529. The Morgan fingerprint density at radius 3 is 2.41 bits per heavy atom. The van der Waals surface area contributed by atoms with Crippen molar-refractivity contribution in [1.82, 2.24) is 4.98 Å². The number of rotatable bonds is 6. The number of aryl methyl sites for hydroxylation is 1. The fraction of sp³-hybridized carbons (Fsp3) is 0.286. The molecule has 1 heterocycles. The van der Waals surface area contributed by atoms with Gasteiger partial charge in [-0.3, -0.25) is 4.98 Å². The van der Waals surface area contributed by atoms with Crippen molar-refractivity contribution in [2.45, 2.75) is 24.7 Å². The van der Waals surface area contributed by atoms with Gasteiger partial charge in [0.25, 0.3) is 0 Å². The van der Waals surface area contributed by atoms with E-state index in [0.717, 1.165) is 17.5 Å². The SMILES string of the molecule is CSCC(O)(C(Nc1cccc2nc(C)ccc12)c1ccc(Cl)cc1)C(F)(F)F. The summed E-state index contributed by atoms with van der Waals surface area (Å²) < 4.78 is 42.1. The number of benzene rings is 2. The van der Waals surface area contributed by atoms with E-state index in [-0.39, 0.29) is 5.56 Å². The average molecular weight is 441 g/mol. The number of anilines is 1. The van der Waals surface area contributed by atoms with Gasteiger partial charge in [0.15, 0.2) is 5.60 Å². The van der Waals surface area contributed by atoms with Crippen molar-refractivity contribution in [3.05, 3.63) is 70.9 Å². The molecular weight excluding hydrogens is 421 g/mol. The fourth-order valence-corrected chi connectivity index (χ4v) is 4.12. The molecule has 2 N–H and O–H groups in total. The summed E-state index contributed by atoms with van der Waals surface area (Å²) in [5, 5.41) is 14.9. The highest BCUT2D eigenvalue weighted by atomic mass is 35.5. The van der Waals surface area contributed by atoms with Crippen LogP contribution in [0.5, 0.6) is 0 Å². The molecule has 154 valence electrons. The van der Waals surface area contributed by atoms with Crippen molar-refractivity contribution < 1.29 is 18.3 Å². The lowest BCUT2D eigenvalue weighted by molar-refractivity contribution is -0.256. The Morgan fingerprint density at radius 1 is 1.10 bits per heavy atom. The number of aromatic nitrogens is 1. The van der Waals surface area contributed by atoms with Crippen molar-refractivity contribution in [3.8, 4) is 0 Å². The largest absolute Gasteiger partial charge is 0.420 e. The lowest BCUT2D eigenvalue weighted by Gasteiger charge is -2.38. The van der Waals surface area contributed by atoms with Crippen LogP contribution in [0, 0.1) is 6.92 Å². The van der Waals surface area contributed by atoms with Crippen molar-refractivity contribution in [3.63, 3.8) is 0 Å². The third kappa shape index (κ3) is 4.47. The van der Waals surface area contributed by atoms with Gasteiger partial charge in [-0.15, -0.1) is 0 Å². The average Bonchev–Trinajstić information content (AvgIpc) is 2.66. The first-order valence-electron chi connectivity index (χ1n) is 8.82. The summed E-state index contributed by atoms with van der Waals surface area (Å²) >= 11 is 6.85. The Kier molecular flexibility index (Phi) is 6.31. The predicted molar refractivity (Wildman–Crippen MR) is 114 cm³/mol. The molecule has 3 aromatic rings. The number of nitrogens with zero attached hydrogens (tertiary/aromatic N) is 1. The van der Waals surface area contributed by atoms with Crippen molar-refractivity contribution in [2.75, 3.05) is 17.3 Å². The van der Waals surface area contributed by atoms with Gasteiger partial charge >= 0.3 is 6.18 Å². The zero-order valence-electron chi connectivity index (χ0n) is 15.8. The molecule has 1 aromatic heterocycles. The first-order valence-corrected chi connectivity index (χ1v) is 10.6. The minimum Gasteiger partial charge on any atom is -0.378 e. The summed E-state index contributed by atoms with van der Waals surface area (Å²) in [4.78, 5) is 4.43. The van der Waals surface area contributed by atoms with E-state index in [4.69, 9.17) is 11.6 Å². The molecule has 3 rings (SSSR count). The summed E-state index contributed by atoms with van der Waals surface area (Å²) in [7, 11) is 0. The van der Waals surface area contributed by atoms with Crippen LogP contribution in [0.15, 0.2) is 54.6 Å². The fourth-order valence-electron chi connectivity index (χ4n) is 3.22. The third-order valence-electron chi connectivity index (χ3n) is 4.71. The molecule has 0 saturated carbocycles. The molecular formula is C21H20ClF3N2OS. The molecule has 0 aliphatic carbocycles. The number of hydrogen-bond acceptors (Lipinski definition) is 4. The molecule has 0 spiro atoms. The van der Waals surface area contributed by atoms with E-state index >= 15 is 0 Å². The molecule has 2 atom stereocenters. The summed E-state index contributed by atoms with van der Waals surface area (Å²) in [5.41, 5.74) is -0.803. The van der Waals surface area contributed by atoms with Crippen LogP contribution in [-0.4, -0.2) is 33.9 Å². The van der Waals surface area contributed by atoms with E-state index in [0.29, 0.717) is 21.6 Å². The monoisotopic (exact) mass is 440 g/mol. The van der Waals surface area contributed by atoms with Crippen LogP contribution in [-0.2, 0) is 0 Å². The van der Waals surface area contributed by atoms with E-state index in [1.54, 1.807) is 30.3 Å². The van der Waals surface area contributed by atoms with Crippen LogP contribution in [0.25, 0.3) is 10.9 Å². The lowest BCUT2D eigenvalue weighted by atomic mass is 9.88. The molecule has 0 saturated heterocycles. The molecule has 2 unspecified atom stereocenters. The Bertz CT molecular complexity index is 997.